The van der Waals surface area contributed by atoms with E-state index in [9.17, 15) is 9.59 Å². The van der Waals surface area contributed by atoms with Gasteiger partial charge < -0.3 is 5.32 Å². The number of hydrogen-bond donors (Lipinski definition) is 1. The molecule has 0 heterocycles. The number of amides is 1. The number of anilines is 1. The molecule has 1 atom stereocenters. The van der Waals surface area contributed by atoms with Crippen molar-refractivity contribution < 1.29 is 9.59 Å². The van der Waals surface area contributed by atoms with Gasteiger partial charge in [-0.15, -0.1) is 0 Å². The zero-order valence-corrected chi connectivity index (χ0v) is 12.6. The molecule has 1 aliphatic rings. The van der Waals surface area contributed by atoms with Gasteiger partial charge in [0.05, 0.1) is 5.92 Å². The van der Waals surface area contributed by atoms with Crippen LogP contribution in [0.5, 0.6) is 0 Å². The van der Waals surface area contributed by atoms with Crippen molar-refractivity contribution in [2.45, 2.75) is 25.7 Å². The molecule has 0 radical (unpaired) electrons. The predicted molar refractivity (Wildman–Crippen MR) is 87.0 cm³/mol. The van der Waals surface area contributed by atoms with Crippen molar-refractivity contribution in [3.63, 3.8) is 0 Å². The second-order valence-electron chi connectivity index (χ2n) is 5.85. The Bertz CT molecular complexity index is 672. The van der Waals surface area contributed by atoms with Gasteiger partial charge in [-0.05, 0) is 55.5 Å². The first-order valence-electron chi connectivity index (χ1n) is 7.62. The van der Waals surface area contributed by atoms with Crippen molar-refractivity contribution in [3.05, 3.63) is 65.7 Å². The Labute approximate surface area is 130 Å². The van der Waals surface area contributed by atoms with Crippen LogP contribution < -0.4 is 5.32 Å². The van der Waals surface area contributed by atoms with Crippen LogP contribution in [-0.4, -0.2) is 11.7 Å². The second kappa shape index (κ2) is 6.14. The summed E-state index contributed by atoms with van der Waals surface area (Å²) in [5.74, 6) is 0.412. The molecule has 2 aromatic carbocycles. The summed E-state index contributed by atoms with van der Waals surface area (Å²) in [4.78, 5) is 23.9. The molecular formula is C19H19NO2. The zero-order chi connectivity index (χ0) is 15.5. The third-order valence-electron chi connectivity index (χ3n) is 4.09. The standard InChI is InChI=1S/C19H19NO2/c1-13(21)14-9-11-17(12-10-14)20-19(22)18(16-7-8-16)15-5-3-2-4-6-15/h2-6,9-12,16,18H,7-8H2,1H3,(H,20,22). The highest BCUT2D eigenvalue weighted by Gasteiger charge is 2.37. The predicted octanol–water partition coefficient (Wildman–Crippen LogP) is 4.02. The molecule has 0 saturated heterocycles. The van der Waals surface area contributed by atoms with Crippen molar-refractivity contribution in [3.8, 4) is 0 Å². The van der Waals surface area contributed by atoms with Gasteiger partial charge in [0, 0.05) is 11.3 Å². The Morgan fingerprint density at radius 1 is 1.00 bits per heavy atom. The summed E-state index contributed by atoms with van der Waals surface area (Å²) in [6, 6.07) is 17.0. The molecule has 3 rings (SSSR count). The SMILES string of the molecule is CC(=O)c1ccc(NC(=O)C(c2ccccc2)C2CC2)cc1. The minimum atomic E-state index is -0.0892. The number of nitrogens with one attached hydrogen (secondary N) is 1. The molecule has 0 aromatic heterocycles. The summed E-state index contributed by atoms with van der Waals surface area (Å²) in [6.07, 6.45) is 2.21. The molecule has 112 valence electrons. The van der Waals surface area contributed by atoms with Crippen LogP contribution in [0.2, 0.25) is 0 Å². The van der Waals surface area contributed by atoms with Crippen molar-refractivity contribution in [1.29, 1.82) is 0 Å². The Kier molecular flexibility index (Phi) is 4.05. The fourth-order valence-electron chi connectivity index (χ4n) is 2.74. The number of hydrogen-bond acceptors (Lipinski definition) is 2. The first-order chi connectivity index (χ1) is 10.6. The average Bonchev–Trinajstić information content (AvgIpc) is 3.34. The van der Waals surface area contributed by atoms with Gasteiger partial charge in [0.2, 0.25) is 5.91 Å². The van der Waals surface area contributed by atoms with Crippen molar-refractivity contribution >= 4 is 17.4 Å². The van der Waals surface area contributed by atoms with E-state index in [4.69, 9.17) is 0 Å². The molecule has 22 heavy (non-hydrogen) atoms. The number of Topliss-reactive ketones (excluding diaryl/α,β-unsaturated/α-hetero) is 1. The lowest BCUT2D eigenvalue weighted by Crippen LogP contribution is -2.22. The van der Waals surface area contributed by atoms with Crippen LogP contribution in [-0.2, 0) is 4.79 Å². The van der Waals surface area contributed by atoms with Crippen LogP contribution in [0.1, 0.15) is 41.6 Å². The molecule has 1 N–H and O–H groups in total. The van der Waals surface area contributed by atoms with E-state index in [1.54, 1.807) is 24.3 Å². The number of rotatable bonds is 5. The van der Waals surface area contributed by atoms with Gasteiger partial charge in [-0.25, -0.2) is 0 Å². The molecule has 3 heteroatoms. The quantitative estimate of drug-likeness (QED) is 0.846. The topological polar surface area (TPSA) is 46.2 Å². The lowest BCUT2D eigenvalue weighted by Gasteiger charge is -2.16. The monoisotopic (exact) mass is 293 g/mol. The molecule has 2 aromatic rings. The molecule has 0 aliphatic heterocycles. The zero-order valence-electron chi connectivity index (χ0n) is 12.6. The lowest BCUT2D eigenvalue weighted by molar-refractivity contribution is -0.118. The molecule has 0 spiro atoms. The van der Waals surface area contributed by atoms with Crippen LogP contribution in [0.15, 0.2) is 54.6 Å². The summed E-state index contributed by atoms with van der Waals surface area (Å²) in [5.41, 5.74) is 2.46. The van der Waals surface area contributed by atoms with E-state index in [0.29, 0.717) is 11.5 Å². The Hall–Kier alpha value is -2.42. The van der Waals surface area contributed by atoms with Gasteiger partial charge in [0.1, 0.15) is 0 Å². The van der Waals surface area contributed by atoms with Crippen LogP contribution in [0, 0.1) is 5.92 Å². The smallest absolute Gasteiger partial charge is 0.232 e. The van der Waals surface area contributed by atoms with Crippen LogP contribution in [0.25, 0.3) is 0 Å². The second-order valence-corrected chi connectivity index (χ2v) is 5.85. The summed E-state index contributed by atoms with van der Waals surface area (Å²) >= 11 is 0. The van der Waals surface area contributed by atoms with E-state index in [-0.39, 0.29) is 17.6 Å². The Balaban J connectivity index is 1.75. The molecule has 1 unspecified atom stereocenters. The summed E-state index contributed by atoms with van der Waals surface area (Å²) in [5, 5.41) is 2.98. The summed E-state index contributed by atoms with van der Waals surface area (Å²) in [7, 11) is 0. The van der Waals surface area contributed by atoms with Crippen molar-refractivity contribution in [2.75, 3.05) is 5.32 Å². The molecule has 0 bridgehead atoms. The van der Waals surface area contributed by atoms with E-state index < -0.39 is 0 Å². The van der Waals surface area contributed by atoms with E-state index in [1.165, 1.54) is 6.92 Å². The molecule has 1 amide bonds. The van der Waals surface area contributed by atoms with Gasteiger partial charge in [-0.2, -0.15) is 0 Å². The Morgan fingerprint density at radius 2 is 1.64 bits per heavy atom. The first kappa shape index (κ1) is 14.5. The third-order valence-corrected chi connectivity index (χ3v) is 4.09. The molecule has 1 aliphatic carbocycles. The normalized spacial score (nSPS) is 15.1. The van der Waals surface area contributed by atoms with Gasteiger partial charge >= 0.3 is 0 Å². The van der Waals surface area contributed by atoms with Crippen LogP contribution >= 0.6 is 0 Å². The van der Waals surface area contributed by atoms with E-state index >= 15 is 0 Å². The third kappa shape index (κ3) is 3.25. The first-order valence-corrected chi connectivity index (χ1v) is 7.62. The Morgan fingerprint density at radius 3 is 2.18 bits per heavy atom. The molecule has 3 nitrogen and oxygen atoms in total. The molecule has 1 fully saturated rings. The van der Waals surface area contributed by atoms with E-state index in [1.807, 2.05) is 30.3 Å². The molecular weight excluding hydrogens is 274 g/mol. The van der Waals surface area contributed by atoms with Gasteiger partial charge in [0.15, 0.2) is 5.78 Å². The fourth-order valence-corrected chi connectivity index (χ4v) is 2.74. The van der Waals surface area contributed by atoms with Crippen LogP contribution in [0.4, 0.5) is 5.69 Å². The van der Waals surface area contributed by atoms with Crippen LogP contribution in [0.3, 0.4) is 0 Å². The average molecular weight is 293 g/mol. The van der Waals surface area contributed by atoms with Crippen molar-refractivity contribution in [2.24, 2.45) is 5.92 Å². The van der Waals surface area contributed by atoms with Gasteiger partial charge in [-0.3, -0.25) is 9.59 Å². The minimum Gasteiger partial charge on any atom is -0.326 e. The number of benzene rings is 2. The fraction of sp³-hybridized carbons (Fsp3) is 0.263. The summed E-state index contributed by atoms with van der Waals surface area (Å²) in [6.45, 7) is 1.53. The maximum Gasteiger partial charge on any atom is 0.232 e. The van der Waals surface area contributed by atoms with E-state index in [2.05, 4.69) is 5.32 Å². The largest absolute Gasteiger partial charge is 0.326 e. The maximum atomic E-state index is 12.6. The highest BCUT2D eigenvalue weighted by atomic mass is 16.2. The number of carbonyl (C=O) groups is 2. The highest BCUT2D eigenvalue weighted by molar-refractivity contribution is 5.98. The van der Waals surface area contributed by atoms with Gasteiger partial charge in [0.25, 0.3) is 0 Å². The molecule has 1 saturated carbocycles. The number of carbonyl (C=O) groups excluding carboxylic acids is 2. The van der Waals surface area contributed by atoms with Crippen molar-refractivity contribution in [1.82, 2.24) is 0 Å². The van der Waals surface area contributed by atoms with Gasteiger partial charge in [-0.1, -0.05) is 30.3 Å². The maximum absolute atomic E-state index is 12.6. The lowest BCUT2D eigenvalue weighted by atomic mass is 9.93. The van der Waals surface area contributed by atoms with E-state index in [0.717, 1.165) is 24.1 Å². The number of ketones is 1. The minimum absolute atomic E-state index is 0.0259. The highest BCUT2D eigenvalue weighted by Crippen LogP contribution is 2.43. The summed E-state index contributed by atoms with van der Waals surface area (Å²) < 4.78 is 0.